The van der Waals surface area contributed by atoms with Crippen LogP contribution in [0, 0.1) is 0 Å². The van der Waals surface area contributed by atoms with Crippen LogP contribution >= 0.6 is 43.6 Å². The molecule has 100 valence electrons. The molecule has 1 N–H and O–H groups in total. The third kappa shape index (κ3) is 3.81. The molecule has 0 aliphatic rings. The van der Waals surface area contributed by atoms with Crippen LogP contribution in [-0.2, 0) is 0 Å². The first-order chi connectivity index (χ1) is 9.11. The molecule has 19 heavy (non-hydrogen) atoms. The summed E-state index contributed by atoms with van der Waals surface area (Å²) in [7, 11) is 1.97. The minimum atomic E-state index is 0.304. The molecule has 2 aromatic rings. The number of rotatable bonds is 4. The van der Waals surface area contributed by atoms with Gasteiger partial charge in [0.2, 0.25) is 0 Å². The number of aromatic nitrogens is 1. The van der Waals surface area contributed by atoms with Gasteiger partial charge in [0.25, 0.3) is 0 Å². The largest absolute Gasteiger partial charge is 0.313 e. The van der Waals surface area contributed by atoms with Crippen LogP contribution in [0.1, 0.15) is 18.5 Å². The third-order valence-electron chi connectivity index (χ3n) is 2.81. The van der Waals surface area contributed by atoms with Crippen LogP contribution in [-0.4, -0.2) is 12.0 Å². The number of pyridine rings is 1. The van der Waals surface area contributed by atoms with Crippen molar-refractivity contribution in [2.24, 2.45) is 0 Å². The van der Waals surface area contributed by atoms with Crippen LogP contribution in [0.15, 0.2) is 55.4 Å². The Morgan fingerprint density at radius 3 is 2.74 bits per heavy atom. The molecular weight excluding hydrogens is 388 g/mol. The fourth-order valence-corrected chi connectivity index (χ4v) is 3.71. The molecule has 1 atom stereocenters. The van der Waals surface area contributed by atoms with E-state index in [0.717, 1.165) is 14.0 Å². The molecule has 1 heterocycles. The monoisotopic (exact) mass is 400 g/mol. The van der Waals surface area contributed by atoms with Gasteiger partial charge in [-0.3, -0.25) is 0 Å². The summed E-state index contributed by atoms with van der Waals surface area (Å²) >= 11 is 8.74. The van der Waals surface area contributed by atoms with Crippen molar-refractivity contribution < 1.29 is 0 Å². The fraction of sp³-hybridized carbons (Fsp3) is 0.214. The van der Waals surface area contributed by atoms with Crippen LogP contribution in [0.4, 0.5) is 0 Å². The third-order valence-corrected chi connectivity index (χ3v) is 5.29. The zero-order valence-corrected chi connectivity index (χ0v) is 14.6. The van der Waals surface area contributed by atoms with Crippen molar-refractivity contribution in [1.29, 1.82) is 0 Å². The lowest BCUT2D eigenvalue weighted by Crippen LogP contribution is -2.13. The molecule has 0 aliphatic heterocycles. The van der Waals surface area contributed by atoms with Gasteiger partial charge in [0.05, 0.1) is 4.47 Å². The molecule has 0 spiro atoms. The van der Waals surface area contributed by atoms with E-state index < -0.39 is 0 Å². The molecule has 5 heteroatoms. The molecule has 1 aromatic carbocycles. The van der Waals surface area contributed by atoms with E-state index >= 15 is 0 Å². The minimum Gasteiger partial charge on any atom is -0.313 e. The highest BCUT2D eigenvalue weighted by Crippen LogP contribution is 2.37. The Morgan fingerprint density at radius 1 is 1.26 bits per heavy atom. The van der Waals surface area contributed by atoms with Crippen molar-refractivity contribution in [1.82, 2.24) is 10.3 Å². The van der Waals surface area contributed by atoms with Crippen LogP contribution in [0.25, 0.3) is 0 Å². The molecule has 0 radical (unpaired) electrons. The summed E-state index contributed by atoms with van der Waals surface area (Å²) in [6.07, 6.45) is 1.81. The fourth-order valence-electron chi connectivity index (χ4n) is 1.66. The quantitative estimate of drug-likeness (QED) is 0.776. The molecule has 1 unspecified atom stereocenters. The Morgan fingerprint density at radius 2 is 2.05 bits per heavy atom. The van der Waals surface area contributed by atoms with E-state index in [0.29, 0.717) is 6.04 Å². The second kappa shape index (κ2) is 6.88. The van der Waals surface area contributed by atoms with E-state index in [9.17, 15) is 0 Å². The predicted molar refractivity (Wildman–Crippen MR) is 87.7 cm³/mol. The van der Waals surface area contributed by atoms with E-state index in [1.165, 1.54) is 10.5 Å². The Balaban J connectivity index is 2.38. The highest BCUT2D eigenvalue weighted by Gasteiger charge is 2.12. The Kier molecular flexibility index (Phi) is 5.45. The Hall–Kier alpha value is -0.360. The minimum absolute atomic E-state index is 0.304. The van der Waals surface area contributed by atoms with Gasteiger partial charge in [-0.25, -0.2) is 4.98 Å². The molecule has 0 fully saturated rings. The number of hydrogen-bond acceptors (Lipinski definition) is 3. The summed E-state index contributed by atoms with van der Waals surface area (Å²) in [5.41, 5.74) is 1.27. The van der Waals surface area contributed by atoms with Crippen molar-refractivity contribution in [2.75, 3.05) is 7.05 Å². The predicted octanol–water partition coefficient (Wildman–Crippen LogP) is 5.04. The maximum Gasteiger partial charge on any atom is 0.115 e. The van der Waals surface area contributed by atoms with Crippen molar-refractivity contribution >= 4 is 43.6 Å². The number of nitrogens with zero attached hydrogens (tertiary/aromatic N) is 1. The van der Waals surface area contributed by atoms with E-state index in [-0.39, 0.29) is 0 Å². The van der Waals surface area contributed by atoms with Gasteiger partial charge in [-0.05, 0) is 59.7 Å². The number of nitrogens with one attached hydrogen (secondary N) is 1. The van der Waals surface area contributed by atoms with Gasteiger partial charge in [-0.2, -0.15) is 0 Å². The van der Waals surface area contributed by atoms with Crippen molar-refractivity contribution in [3.8, 4) is 0 Å². The van der Waals surface area contributed by atoms with Crippen molar-refractivity contribution in [3.63, 3.8) is 0 Å². The summed E-state index contributed by atoms with van der Waals surface area (Å²) in [5, 5.41) is 4.26. The van der Waals surface area contributed by atoms with Crippen LogP contribution in [0.3, 0.4) is 0 Å². The molecule has 2 rings (SSSR count). The highest BCUT2D eigenvalue weighted by molar-refractivity contribution is 9.10. The molecule has 1 aromatic heterocycles. The summed E-state index contributed by atoms with van der Waals surface area (Å²) < 4.78 is 2.09. The summed E-state index contributed by atoms with van der Waals surface area (Å²) in [4.78, 5) is 5.61. The number of halogens is 2. The van der Waals surface area contributed by atoms with Crippen LogP contribution in [0.2, 0.25) is 0 Å². The lowest BCUT2D eigenvalue weighted by atomic mass is 10.1. The second-order valence-electron chi connectivity index (χ2n) is 4.08. The smallest absolute Gasteiger partial charge is 0.115 e. The van der Waals surface area contributed by atoms with Crippen LogP contribution < -0.4 is 5.32 Å². The van der Waals surface area contributed by atoms with Crippen LogP contribution in [0.5, 0.6) is 0 Å². The first-order valence-corrected chi connectivity index (χ1v) is 8.27. The van der Waals surface area contributed by atoms with Gasteiger partial charge in [-0.15, -0.1) is 0 Å². The average molecular weight is 402 g/mol. The van der Waals surface area contributed by atoms with E-state index in [4.69, 9.17) is 0 Å². The molecule has 2 nitrogen and oxygen atoms in total. The summed E-state index contributed by atoms with van der Waals surface area (Å²) in [6, 6.07) is 10.6. The maximum absolute atomic E-state index is 4.41. The van der Waals surface area contributed by atoms with Gasteiger partial charge in [0, 0.05) is 21.6 Å². The standard InChI is InChI=1S/C14H14Br2N2S/c1-9(17-2)11-6-5-10(15)8-13(11)19-14-12(16)4-3-7-18-14/h3-9,17H,1-2H3. The first kappa shape index (κ1) is 15.0. The van der Waals surface area contributed by atoms with Crippen molar-refractivity contribution in [2.45, 2.75) is 22.9 Å². The molecule has 0 saturated carbocycles. The second-order valence-corrected chi connectivity index (χ2v) is 6.89. The van der Waals surface area contributed by atoms with Gasteiger partial charge in [-0.1, -0.05) is 33.8 Å². The van der Waals surface area contributed by atoms with Crippen molar-refractivity contribution in [3.05, 3.63) is 51.0 Å². The molecule has 0 bridgehead atoms. The molecule has 0 amide bonds. The van der Waals surface area contributed by atoms with E-state index in [1.54, 1.807) is 11.8 Å². The highest BCUT2D eigenvalue weighted by atomic mass is 79.9. The first-order valence-electron chi connectivity index (χ1n) is 5.87. The SMILES string of the molecule is CNC(C)c1ccc(Br)cc1Sc1ncccc1Br. The van der Waals surface area contributed by atoms with E-state index in [2.05, 4.69) is 67.3 Å². The molecule has 0 aliphatic carbocycles. The zero-order valence-electron chi connectivity index (χ0n) is 10.7. The summed E-state index contributed by atoms with van der Waals surface area (Å²) in [6.45, 7) is 2.15. The molecular formula is C14H14Br2N2S. The average Bonchev–Trinajstić information content (AvgIpc) is 2.41. The lowest BCUT2D eigenvalue weighted by Gasteiger charge is -2.16. The van der Waals surface area contributed by atoms with Gasteiger partial charge >= 0.3 is 0 Å². The van der Waals surface area contributed by atoms with Gasteiger partial charge in [0.1, 0.15) is 5.03 Å². The Bertz CT molecular complexity index is 575. The van der Waals surface area contributed by atoms with Gasteiger partial charge < -0.3 is 5.32 Å². The lowest BCUT2D eigenvalue weighted by molar-refractivity contribution is 0.641. The maximum atomic E-state index is 4.41. The van der Waals surface area contributed by atoms with Gasteiger partial charge in [0.15, 0.2) is 0 Å². The topological polar surface area (TPSA) is 24.9 Å². The summed E-state index contributed by atoms with van der Waals surface area (Å²) in [5.74, 6) is 0. The zero-order chi connectivity index (χ0) is 13.8. The number of benzene rings is 1. The normalized spacial score (nSPS) is 12.4. The Labute approximate surface area is 134 Å². The van der Waals surface area contributed by atoms with E-state index in [1.807, 2.05) is 25.4 Å². The molecule has 0 saturated heterocycles. The number of hydrogen-bond donors (Lipinski definition) is 1.